The van der Waals surface area contributed by atoms with Gasteiger partial charge < -0.3 is 14.6 Å². The molecule has 1 N–H and O–H groups in total. The molecule has 7 heteroatoms. The number of fused-ring (bicyclic) bond motifs is 5. The molecular weight excluding hydrogens is 464 g/mol. The van der Waals surface area contributed by atoms with Crippen molar-refractivity contribution in [2.45, 2.75) is 42.9 Å². The molecule has 1 aliphatic carbocycles. The summed E-state index contributed by atoms with van der Waals surface area (Å²) in [5.74, 6) is -1.92. The molecule has 0 spiro atoms. The van der Waals surface area contributed by atoms with Crippen molar-refractivity contribution in [2.24, 2.45) is 0 Å². The number of benzene rings is 3. The highest BCUT2D eigenvalue weighted by Crippen LogP contribution is 2.45. The van der Waals surface area contributed by atoms with Crippen LogP contribution in [0, 0.1) is 11.6 Å². The summed E-state index contributed by atoms with van der Waals surface area (Å²) in [6.07, 6.45) is -0.0655. The number of nitrogens with zero attached hydrogens (tertiary/aromatic N) is 1. The normalized spacial score (nSPS) is 24.8. The van der Waals surface area contributed by atoms with E-state index in [9.17, 15) is 18.7 Å². The molecule has 5 nitrogen and oxygen atoms in total. The average molecular weight is 492 g/mol. The van der Waals surface area contributed by atoms with Crippen molar-refractivity contribution in [1.82, 2.24) is 4.90 Å². The Morgan fingerprint density at radius 3 is 2.19 bits per heavy atom. The number of ether oxygens (including phenoxy) is 2. The van der Waals surface area contributed by atoms with Gasteiger partial charge in [0, 0.05) is 12.3 Å². The SMILES string of the molecule is O=C(OCC1c2ccccc2-c2ccccc21)N1C2COCC1CC(O)(Cc1cccc(F)c1F)C2. The van der Waals surface area contributed by atoms with Gasteiger partial charge in [-0.3, -0.25) is 4.90 Å². The lowest BCUT2D eigenvalue weighted by Crippen LogP contribution is -2.64. The number of hydrogen-bond donors (Lipinski definition) is 1. The molecule has 3 aliphatic rings. The fraction of sp³-hybridized carbons (Fsp3) is 0.345. The number of piperidine rings is 1. The zero-order valence-electron chi connectivity index (χ0n) is 19.7. The number of aliphatic hydroxyl groups is 1. The van der Waals surface area contributed by atoms with Crippen molar-refractivity contribution >= 4 is 6.09 Å². The third-order valence-electron chi connectivity index (χ3n) is 7.74. The Hall–Kier alpha value is -3.29. The van der Waals surface area contributed by atoms with Crippen LogP contribution < -0.4 is 0 Å². The van der Waals surface area contributed by atoms with Crippen molar-refractivity contribution in [3.8, 4) is 11.1 Å². The first kappa shape index (κ1) is 23.1. The molecule has 2 bridgehead atoms. The molecule has 2 unspecified atom stereocenters. The third-order valence-corrected chi connectivity index (χ3v) is 7.74. The molecule has 3 aromatic carbocycles. The van der Waals surface area contributed by atoms with Crippen molar-refractivity contribution in [1.29, 1.82) is 0 Å². The molecule has 1 amide bonds. The standard InChI is InChI=1S/C29H27F2NO4/c30-26-11-5-6-18(27(26)31)12-29(34)13-19-15-35-16-20(14-29)32(19)28(33)36-17-25-23-9-3-1-7-21(23)22-8-2-4-10-24(22)25/h1-11,19-20,25,34H,12-17H2. The number of amides is 1. The van der Waals surface area contributed by atoms with Crippen molar-refractivity contribution in [3.05, 3.63) is 95.1 Å². The first-order valence-corrected chi connectivity index (χ1v) is 12.3. The lowest BCUT2D eigenvalue weighted by molar-refractivity contribution is -0.132. The summed E-state index contributed by atoms with van der Waals surface area (Å²) in [6.45, 7) is 0.728. The Morgan fingerprint density at radius 2 is 1.56 bits per heavy atom. The number of hydrogen-bond acceptors (Lipinski definition) is 4. The van der Waals surface area contributed by atoms with Crippen LogP contribution in [0.15, 0.2) is 66.7 Å². The number of halogens is 2. The van der Waals surface area contributed by atoms with Gasteiger partial charge in [-0.1, -0.05) is 60.7 Å². The maximum absolute atomic E-state index is 14.3. The zero-order chi connectivity index (χ0) is 24.9. The second-order valence-electron chi connectivity index (χ2n) is 10.1. The molecule has 2 saturated heterocycles. The van der Waals surface area contributed by atoms with Gasteiger partial charge >= 0.3 is 6.09 Å². The van der Waals surface area contributed by atoms with Gasteiger partial charge in [-0.25, -0.2) is 13.6 Å². The van der Waals surface area contributed by atoms with Gasteiger partial charge in [0.25, 0.3) is 0 Å². The van der Waals surface area contributed by atoms with Gasteiger partial charge in [-0.05, 0) is 46.7 Å². The van der Waals surface area contributed by atoms with E-state index in [1.165, 1.54) is 12.1 Å². The minimum Gasteiger partial charge on any atom is -0.448 e. The summed E-state index contributed by atoms with van der Waals surface area (Å²) in [5.41, 5.74) is 3.46. The molecule has 3 aromatic rings. The molecular formula is C29H27F2NO4. The Labute approximate surface area is 208 Å². The fourth-order valence-electron chi connectivity index (χ4n) is 6.22. The monoisotopic (exact) mass is 491 g/mol. The molecule has 6 rings (SSSR count). The predicted molar refractivity (Wildman–Crippen MR) is 130 cm³/mol. The van der Waals surface area contributed by atoms with E-state index in [1.54, 1.807) is 4.90 Å². The van der Waals surface area contributed by atoms with Gasteiger partial charge in [0.05, 0.1) is 30.9 Å². The maximum Gasteiger partial charge on any atom is 0.410 e. The van der Waals surface area contributed by atoms with Crippen LogP contribution in [0.3, 0.4) is 0 Å². The van der Waals surface area contributed by atoms with Gasteiger partial charge in [0.1, 0.15) is 6.61 Å². The quantitative estimate of drug-likeness (QED) is 0.555. The first-order valence-electron chi connectivity index (χ1n) is 12.3. The molecule has 0 aromatic heterocycles. The molecule has 0 radical (unpaired) electrons. The van der Waals surface area contributed by atoms with Crippen LogP contribution in [0.5, 0.6) is 0 Å². The van der Waals surface area contributed by atoms with Crippen LogP contribution in [0.4, 0.5) is 13.6 Å². The van der Waals surface area contributed by atoms with Crippen LogP contribution >= 0.6 is 0 Å². The van der Waals surface area contributed by atoms with Crippen LogP contribution in [0.2, 0.25) is 0 Å². The number of carbonyl (C=O) groups is 1. The van der Waals surface area contributed by atoms with E-state index in [1.807, 2.05) is 24.3 Å². The van der Waals surface area contributed by atoms with Gasteiger partial charge in [0.2, 0.25) is 0 Å². The van der Waals surface area contributed by atoms with E-state index in [-0.39, 0.29) is 50.6 Å². The summed E-state index contributed by atoms with van der Waals surface area (Å²) in [5, 5.41) is 11.3. The van der Waals surface area contributed by atoms with E-state index in [0.717, 1.165) is 28.3 Å². The topological polar surface area (TPSA) is 59.0 Å². The molecule has 186 valence electrons. The Bertz CT molecular complexity index is 1250. The van der Waals surface area contributed by atoms with Crippen molar-refractivity contribution < 1.29 is 28.2 Å². The van der Waals surface area contributed by atoms with Crippen LogP contribution in [-0.4, -0.2) is 53.6 Å². The highest BCUT2D eigenvalue weighted by molar-refractivity contribution is 5.79. The zero-order valence-corrected chi connectivity index (χ0v) is 19.7. The molecule has 2 fully saturated rings. The van der Waals surface area contributed by atoms with E-state index < -0.39 is 35.4 Å². The maximum atomic E-state index is 14.3. The second-order valence-corrected chi connectivity index (χ2v) is 10.1. The average Bonchev–Trinajstić information content (AvgIpc) is 3.18. The smallest absolute Gasteiger partial charge is 0.410 e. The highest BCUT2D eigenvalue weighted by atomic mass is 19.2. The summed E-state index contributed by atoms with van der Waals surface area (Å²) < 4.78 is 39.6. The summed E-state index contributed by atoms with van der Waals surface area (Å²) in [6, 6.07) is 19.5. The second kappa shape index (κ2) is 8.98. The van der Waals surface area contributed by atoms with Crippen molar-refractivity contribution in [2.75, 3.05) is 19.8 Å². The predicted octanol–water partition coefficient (Wildman–Crippen LogP) is 5.05. The molecule has 2 aliphatic heterocycles. The first-order chi connectivity index (χ1) is 17.4. The summed E-state index contributed by atoms with van der Waals surface area (Å²) >= 11 is 0. The van der Waals surface area contributed by atoms with Gasteiger partial charge in [-0.2, -0.15) is 0 Å². The largest absolute Gasteiger partial charge is 0.448 e. The lowest BCUT2D eigenvalue weighted by atomic mass is 9.77. The third kappa shape index (κ3) is 3.96. The summed E-state index contributed by atoms with van der Waals surface area (Å²) in [7, 11) is 0. The molecule has 36 heavy (non-hydrogen) atoms. The van der Waals surface area contributed by atoms with Crippen molar-refractivity contribution in [3.63, 3.8) is 0 Å². The number of rotatable bonds is 4. The van der Waals surface area contributed by atoms with E-state index >= 15 is 0 Å². The minimum atomic E-state index is -1.27. The van der Waals surface area contributed by atoms with E-state index in [0.29, 0.717) is 0 Å². The Kier molecular flexibility index (Phi) is 5.77. The fourth-order valence-corrected chi connectivity index (χ4v) is 6.22. The van der Waals surface area contributed by atoms with Crippen LogP contribution in [-0.2, 0) is 15.9 Å². The van der Waals surface area contributed by atoms with E-state index in [2.05, 4.69) is 24.3 Å². The Morgan fingerprint density at radius 1 is 0.944 bits per heavy atom. The number of carbonyl (C=O) groups excluding carboxylic acids is 1. The summed E-state index contributed by atoms with van der Waals surface area (Å²) in [4.78, 5) is 15.0. The molecule has 2 atom stereocenters. The Balaban J connectivity index is 1.18. The lowest BCUT2D eigenvalue weighted by Gasteiger charge is -2.51. The number of morpholine rings is 1. The molecule has 0 saturated carbocycles. The van der Waals surface area contributed by atoms with E-state index in [4.69, 9.17) is 9.47 Å². The van der Waals surface area contributed by atoms with Gasteiger partial charge in [0.15, 0.2) is 11.6 Å². The van der Waals surface area contributed by atoms with Gasteiger partial charge in [-0.15, -0.1) is 0 Å². The van der Waals surface area contributed by atoms with Crippen LogP contribution in [0.25, 0.3) is 11.1 Å². The minimum absolute atomic E-state index is 0.0257. The molecule has 2 heterocycles. The highest BCUT2D eigenvalue weighted by Gasteiger charge is 2.49. The van der Waals surface area contributed by atoms with Crippen LogP contribution in [0.1, 0.15) is 35.4 Å².